The second-order valence-corrected chi connectivity index (χ2v) is 5.57. The van der Waals surface area contributed by atoms with Crippen LogP contribution in [0.5, 0.6) is 5.75 Å². The van der Waals surface area contributed by atoms with Crippen LogP contribution in [0.25, 0.3) is 0 Å². The zero-order valence-corrected chi connectivity index (χ0v) is 12.4. The highest BCUT2D eigenvalue weighted by atomic mass is 16.5. The van der Waals surface area contributed by atoms with Gasteiger partial charge in [0.25, 0.3) is 0 Å². The van der Waals surface area contributed by atoms with Crippen LogP contribution in [0.1, 0.15) is 26.7 Å². The monoisotopic (exact) mass is 280 g/mol. The molecule has 2 aliphatic rings. The van der Waals surface area contributed by atoms with E-state index in [0.717, 1.165) is 24.7 Å². The Morgan fingerprint density at radius 2 is 1.85 bits per heavy atom. The van der Waals surface area contributed by atoms with Crippen LogP contribution in [-0.4, -0.2) is 42.3 Å². The number of hydrogen-bond acceptors (Lipinski definition) is 7. The molecular weight excluding hydrogens is 256 g/mol. The molecule has 3 rings (SSSR count). The minimum absolute atomic E-state index is 0.129. The van der Waals surface area contributed by atoms with Crippen molar-refractivity contribution in [3.05, 3.63) is 0 Å². The van der Waals surface area contributed by atoms with Crippen molar-refractivity contribution in [2.75, 3.05) is 42.7 Å². The van der Waals surface area contributed by atoms with E-state index >= 15 is 0 Å². The average Bonchev–Trinajstić information content (AvgIpc) is 2.92. The minimum atomic E-state index is -0.129. The molecule has 2 aliphatic heterocycles. The Kier molecular flexibility index (Phi) is 4.17. The lowest BCUT2D eigenvalue weighted by atomic mass is 10.1. The lowest BCUT2D eigenvalue weighted by molar-refractivity contribution is 0.240. The average molecular weight is 280 g/mol. The Morgan fingerprint density at radius 1 is 1.20 bits per heavy atom. The lowest BCUT2D eigenvalue weighted by Crippen LogP contribution is -2.42. The number of nitrogens with zero attached hydrogens (tertiary/aromatic N) is 3. The van der Waals surface area contributed by atoms with Gasteiger partial charge in [-0.15, -0.1) is 0 Å². The smallest absolute Gasteiger partial charge is 0.224 e. The summed E-state index contributed by atoms with van der Waals surface area (Å²) in [5.41, 5.74) is 10.2. The summed E-state index contributed by atoms with van der Waals surface area (Å²) in [5.74, 6) is 2.58. The first-order chi connectivity index (χ1) is 9.55. The van der Waals surface area contributed by atoms with Crippen LogP contribution in [0.3, 0.4) is 0 Å². The Labute approximate surface area is 119 Å². The molecule has 112 valence electrons. The molecule has 0 saturated carbocycles. The summed E-state index contributed by atoms with van der Waals surface area (Å²) in [6.07, 6.45) is 2.38. The molecule has 0 atom stereocenters. The minimum Gasteiger partial charge on any atom is -0.484 e. The molecule has 1 fully saturated rings. The number of nitrogens with two attached hydrogens (primary N) is 2. The van der Waals surface area contributed by atoms with Crippen molar-refractivity contribution in [2.24, 2.45) is 5.73 Å². The zero-order chi connectivity index (χ0) is 14.8. The number of nitrogens with one attached hydrogen (secondary N) is 1. The second kappa shape index (κ2) is 5.70. The molecule has 1 aromatic rings. The van der Waals surface area contributed by atoms with Gasteiger partial charge < -0.3 is 26.4 Å². The Morgan fingerprint density at radius 3 is 2.50 bits per heavy atom. The van der Waals surface area contributed by atoms with Gasteiger partial charge in [-0.2, -0.15) is 9.97 Å². The molecule has 0 amide bonds. The summed E-state index contributed by atoms with van der Waals surface area (Å²) in [5, 5.41) is 3.36. The molecule has 1 saturated heterocycles. The summed E-state index contributed by atoms with van der Waals surface area (Å²) in [7, 11) is 1.50. The molecule has 0 aromatic carbocycles. The third-order valence-electron chi connectivity index (χ3n) is 3.30. The van der Waals surface area contributed by atoms with Crippen molar-refractivity contribution in [2.45, 2.75) is 32.2 Å². The van der Waals surface area contributed by atoms with Gasteiger partial charge in [-0.1, -0.05) is 0 Å². The largest absolute Gasteiger partial charge is 0.484 e. The molecule has 7 heteroatoms. The normalized spacial score (nSPS) is 19.3. The van der Waals surface area contributed by atoms with Crippen molar-refractivity contribution in [1.29, 1.82) is 0 Å². The summed E-state index contributed by atoms with van der Waals surface area (Å²) in [6.45, 7) is 6.77. The van der Waals surface area contributed by atoms with Crippen molar-refractivity contribution < 1.29 is 4.74 Å². The molecule has 0 spiro atoms. The van der Waals surface area contributed by atoms with Gasteiger partial charge in [-0.25, -0.2) is 0 Å². The number of hydrogen-bond donors (Lipinski definition) is 3. The quantitative estimate of drug-likeness (QED) is 0.699. The van der Waals surface area contributed by atoms with E-state index in [4.69, 9.17) is 10.5 Å². The van der Waals surface area contributed by atoms with E-state index in [1.165, 1.54) is 19.9 Å². The summed E-state index contributed by atoms with van der Waals surface area (Å²) in [6, 6.07) is 0. The maximum Gasteiger partial charge on any atom is 0.224 e. The number of ether oxygens (including phenoxy) is 1. The van der Waals surface area contributed by atoms with Crippen LogP contribution < -0.4 is 26.4 Å². The van der Waals surface area contributed by atoms with Gasteiger partial charge in [0.05, 0.1) is 5.54 Å². The van der Waals surface area contributed by atoms with Crippen molar-refractivity contribution >= 4 is 17.6 Å². The molecule has 0 radical (unpaired) electrons. The first kappa shape index (κ1) is 14.6. The zero-order valence-electron chi connectivity index (χ0n) is 12.4. The Balaban J connectivity index is 0.000000704. The van der Waals surface area contributed by atoms with E-state index in [1.54, 1.807) is 0 Å². The van der Waals surface area contributed by atoms with E-state index in [1.807, 2.05) is 0 Å². The molecule has 1 aromatic heterocycles. The maximum atomic E-state index is 5.85. The molecule has 7 nitrogen and oxygen atoms in total. The third-order valence-corrected chi connectivity index (χ3v) is 3.30. The first-order valence-corrected chi connectivity index (χ1v) is 6.96. The molecular formula is C13H24N6O. The van der Waals surface area contributed by atoms with E-state index in [9.17, 15) is 0 Å². The Hall–Kier alpha value is -1.76. The van der Waals surface area contributed by atoms with Gasteiger partial charge in [-0.05, 0) is 33.7 Å². The molecule has 0 bridgehead atoms. The van der Waals surface area contributed by atoms with Crippen molar-refractivity contribution in [3.63, 3.8) is 0 Å². The van der Waals surface area contributed by atoms with Crippen LogP contribution in [0.2, 0.25) is 0 Å². The topological polar surface area (TPSA) is 102 Å². The second-order valence-electron chi connectivity index (χ2n) is 5.57. The molecule has 0 aliphatic carbocycles. The maximum absolute atomic E-state index is 5.85. The summed E-state index contributed by atoms with van der Waals surface area (Å²) >= 11 is 0. The summed E-state index contributed by atoms with van der Waals surface area (Å²) in [4.78, 5) is 10.8. The molecule has 3 heterocycles. The van der Waals surface area contributed by atoms with Crippen LogP contribution >= 0.6 is 0 Å². The Bertz CT molecular complexity index is 470. The van der Waals surface area contributed by atoms with Gasteiger partial charge in [0.1, 0.15) is 6.61 Å². The number of anilines is 3. The van der Waals surface area contributed by atoms with Gasteiger partial charge in [-0.3, -0.25) is 0 Å². The number of nitrogen functional groups attached to an aromatic ring is 1. The molecule has 0 unspecified atom stereocenters. The summed E-state index contributed by atoms with van der Waals surface area (Å²) < 4.78 is 5.85. The van der Waals surface area contributed by atoms with Crippen LogP contribution in [-0.2, 0) is 0 Å². The highest BCUT2D eigenvalue weighted by Gasteiger charge is 2.31. The highest BCUT2D eigenvalue weighted by Crippen LogP contribution is 2.39. The number of fused-ring (bicyclic) bond motifs is 1. The van der Waals surface area contributed by atoms with Crippen molar-refractivity contribution in [1.82, 2.24) is 9.97 Å². The van der Waals surface area contributed by atoms with E-state index < -0.39 is 0 Å². The predicted molar refractivity (Wildman–Crippen MR) is 81.2 cm³/mol. The predicted octanol–water partition coefficient (Wildman–Crippen LogP) is 0.817. The first-order valence-electron chi connectivity index (χ1n) is 6.96. The van der Waals surface area contributed by atoms with Gasteiger partial charge >= 0.3 is 0 Å². The van der Waals surface area contributed by atoms with E-state index in [0.29, 0.717) is 18.4 Å². The van der Waals surface area contributed by atoms with Crippen LogP contribution in [0, 0.1) is 0 Å². The number of rotatable bonds is 1. The fourth-order valence-corrected chi connectivity index (χ4v) is 2.43. The van der Waals surface area contributed by atoms with Crippen LogP contribution in [0.15, 0.2) is 0 Å². The van der Waals surface area contributed by atoms with E-state index in [2.05, 4.69) is 39.8 Å². The standard InChI is InChI=1S/C12H19N5O.CH5N/c1-12(2)7-18-8-9(16-12)14-11(13)15-10(8)17-5-3-4-6-17;1-2/h3-7H2,1-2H3,(H3,13,14,15,16);2H2,1H3. The highest BCUT2D eigenvalue weighted by molar-refractivity contribution is 5.69. The van der Waals surface area contributed by atoms with Crippen LogP contribution in [0.4, 0.5) is 17.6 Å². The van der Waals surface area contributed by atoms with Gasteiger partial charge in [0, 0.05) is 13.1 Å². The molecule has 20 heavy (non-hydrogen) atoms. The lowest BCUT2D eigenvalue weighted by Gasteiger charge is -2.34. The van der Waals surface area contributed by atoms with E-state index in [-0.39, 0.29) is 5.54 Å². The number of aromatic nitrogens is 2. The fourth-order valence-electron chi connectivity index (χ4n) is 2.43. The van der Waals surface area contributed by atoms with Gasteiger partial charge in [0.2, 0.25) is 11.7 Å². The third kappa shape index (κ3) is 2.87. The SMILES string of the molecule is CC1(C)COc2c(nc(N)nc2N2CCCC2)N1.CN. The van der Waals surface area contributed by atoms with Gasteiger partial charge in [0.15, 0.2) is 11.6 Å². The fraction of sp³-hybridized carbons (Fsp3) is 0.692. The van der Waals surface area contributed by atoms with Crippen molar-refractivity contribution in [3.8, 4) is 5.75 Å². The molecule has 5 N–H and O–H groups in total.